The van der Waals surface area contributed by atoms with Crippen molar-refractivity contribution < 1.29 is 22.7 Å². The number of ether oxygens (including phenoxy) is 1. The molecule has 0 unspecified atom stereocenters. The fraction of sp³-hybridized carbons (Fsp3) is 0.188. The number of hydrogen-bond acceptors (Lipinski definition) is 6. The van der Waals surface area contributed by atoms with Gasteiger partial charge in [0.15, 0.2) is 6.61 Å². The van der Waals surface area contributed by atoms with Crippen molar-refractivity contribution in [2.45, 2.75) is 12.7 Å². The van der Waals surface area contributed by atoms with Crippen LogP contribution in [0, 0.1) is 0 Å². The molecule has 0 saturated carbocycles. The van der Waals surface area contributed by atoms with Crippen molar-refractivity contribution in [1.82, 2.24) is 15.3 Å². The molecule has 0 atom stereocenters. The quantitative estimate of drug-likeness (QED) is 0.677. The van der Waals surface area contributed by atoms with Gasteiger partial charge >= 0.3 is 6.18 Å². The SMILES string of the molecule is O=C(NCc1cccnc1OCC(F)(F)F)c1csc(-c2cccs2)n1. The van der Waals surface area contributed by atoms with Crippen molar-refractivity contribution in [3.63, 3.8) is 0 Å². The van der Waals surface area contributed by atoms with Crippen molar-refractivity contribution in [3.8, 4) is 15.8 Å². The molecule has 3 rings (SSSR count). The molecule has 1 amide bonds. The molecule has 3 heterocycles. The molecule has 3 aromatic rings. The highest BCUT2D eigenvalue weighted by Gasteiger charge is 2.29. The molecule has 0 fully saturated rings. The lowest BCUT2D eigenvalue weighted by atomic mass is 10.2. The van der Waals surface area contributed by atoms with Gasteiger partial charge in [0.2, 0.25) is 5.88 Å². The summed E-state index contributed by atoms with van der Waals surface area (Å²) in [7, 11) is 0. The van der Waals surface area contributed by atoms with Crippen LogP contribution in [0.5, 0.6) is 5.88 Å². The fourth-order valence-corrected chi connectivity index (χ4v) is 3.61. The second-order valence-corrected chi connectivity index (χ2v) is 6.88. The van der Waals surface area contributed by atoms with Gasteiger partial charge in [-0.15, -0.1) is 22.7 Å². The Labute approximate surface area is 154 Å². The molecule has 0 spiro atoms. The summed E-state index contributed by atoms with van der Waals surface area (Å²) >= 11 is 2.87. The predicted molar refractivity (Wildman–Crippen MR) is 92.4 cm³/mol. The number of amides is 1. The molecule has 0 aromatic carbocycles. The Balaban J connectivity index is 1.63. The second kappa shape index (κ2) is 7.83. The molecule has 1 N–H and O–H groups in total. The number of nitrogens with one attached hydrogen (secondary N) is 1. The first kappa shape index (κ1) is 18.3. The Hall–Kier alpha value is -2.46. The summed E-state index contributed by atoms with van der Waals surface area (Å²) in [5.41, 5.74) is 0.596. The van der Waals surface area contributed by atoms with Gasteiger partial charge in [0, 0.05) is 23.7 Å². The molecule has 0 bridgehead atoms. The Morgan fingerprint density at radius 3 is 2.81 bits per heavy atom. The number of alkyl halides is 3. The first-order chi connectivity index (χ1) is 12.4. The average Bonchev–Trinajstić information content (AvgIpc) is 3.28. The van der Waals surface area contributed by atoms with Crippen LogP contribution in [-0.4, -0.2) is 28.7 Å². The van der Waals surface area contributed by atoms with E-state index in [2.05, 4.69) is 15.3 Å². The van der Waals surface area contributed by atoms with Gasteiger partial charge in [-0.1, -0.05) is 12.1 Å². The van der Waals surface area contributed by atoms with Gasteiger partial charge in [-0.05, 0) is 17.5 Å². The molecular weight excluding hydrogens is 387 g/mol. The molecule has 3 aromatic heterocycles. The molecule has 0 saturated heterocycles. The summed E-state index contributed by atoms with van der Waals surface area (Å²) < 4.78 is 41.6. The number of carbonyl (C=O) groups excluding carboxylic acids is 1. The first-order valence-electron chi connectivity index (χ1n) is 7.33. The van der Waals surface area contributed by atoms with Crippen molar-refractivity contribution >= 4 is 28.6 Å². The number of nitrogens with zero attached hydrogens (tertiary/aromatic N) is 2. The summed E-state index contributed by atoms with van der Waals surface area (Å²) in [4.78, 5) is 21.2. The molecule has 136 valence electrons. The molecule has 0 aliphatic carbocycles. The topological polar surface area (TPSA) is 64.1 Å². The normalized spacial score (nSPS) is 11.3. The number of aromatic nitrogens is 2. The molecule has 0 aliphatic rings. The highest BCUT2D eigenvalue weighted by atomic mass is 32.1. The van der Waals surface area contributed by atoms with Crippen LogP contribution in [0.3, 0.4) is 0 Å². The van der Waals surface area contributed by atoms with E-state index < -0.39 is 18.7 Å². The number of rotatable bonds is 6. The molecule has 0 aliphatic heterocycles. The summed E-state index contributed by atoms with van der Waals surface area (Å²) in [5, 5.41) is 6.91. The minimum atomic E-state index is -4.46. The Morgan fingerprint density at radius 2 is 2.08 bits per heavy atom. The van der Waals surface area contributed by atoms with E-state index in [1.54, 1.807) is 11.4 Å². The van der Waals surface area contributed by atoms with E-state index in [0.29, 0.717) is 5.56 Å². The van der Waals surface area contributed by atoms with Crippen LogP contribution >= 0.6 is 22.7 Å². The number of halogens is 3. The van der Waals surface area contributed by atoms with Gasteiger partial charge in [0.25, 0.3) is 5.91 Å². The van der Waals surface area contributed by atoms with E-state index in [0.717, 1.165) is 9.88 Å². The Morgan fingerprint density at radius 1 is 1.23 bits per heavy atom. The first-order valence-corrected chi connectivity index (χ1v) is 9.09. The summed E-state index contributed by atoms with van der Waals surface area (Å²) in [6, 6.07) is 6.90. The van der Waals surface area contributed by atoms with E-state index in [1.165, 1.54) is 34.9 Å². The maximum Gasteiger partial charge on any atom is 0.422 e. The van der Waals surface area contributed by atoms with E-state index >= 15 is 0 Å². The lowest BCUT2D eigenvalue weighted by molar-refractivity contribution is -0.154. The molecule has 10 heteroatoms. The smallest absolute Gasteiger partial charge is 0.422 e. The minimum Gasteiger partial charge on any atom is -0.468 e. The fourth-order valence-electron chi connectivity index (χ4n) is 2.00. The number of thiophene rings is 1. The van der Waals surface area contributed by atoms with Gasteiger partial charge in [0.1, 0.15) is 10.7 Å². The number of carbonyl (C=O) groups is 1. The lowest BCUT2D eigenvalue weighted by Gasteiger charge is -2.12. The average molecular weight is 399 g/mol. The Kier molecular flexibility index (Phi) is 5.52. The summed E-state index contributed by atoms with van der Waals surface area (Å²) in [6.07, 6.45) is -3.14. The zero-order valence-electron chi connectivity index (χ0n) is 13.1. The van der Waals surface area contributed by atoms with Gasteiger partial charge < -0.3 is 10.1 Å². The zero-order valence-corrected chi connectivity index (χ0v) is 14.7. The van der Waals surface area contributed by atoms with Crippen LogP contribution in [0.1, 0.15) is 16.1 Å². The third kappa shape index (κ3) is 4.79. The van der Waals surface area contributed by atoms with Crippen molar-refractivity contribution in [1.29, 1.82) is 0 Å². The largest absolute Gasteiger partial charge is 0.468 e. The van der Waals surface area contributed by atoms with E-state index in [9.17, 15) is 18.0 Å². The van der Waals surface area contributed by atoms with Crippen LogP contribution in [0.4, 0.5) is 13.2 Å². The van der Waals surface area contributed by atoms with Gasteiger partial charge in [-0.3, -0.25) is 4.79 Å². The van der Waals surface area contributed by atoms with Crippen LogP contribution in [0.2, 0.25) is 0 Å². The van der Waals surface area contributed by atoms with E-state index in [-0.39, 0.29) is 18.1 Å². The third-order valence-electron chi connectivity index (χ3n) is 3.13. The van der Waals surface area contributed by atoms with Crippen molar-refractivity contribution in [2.75, 3.05) is 6.61 Å². The maximum absolute atomic E-state index is 12.3. The highest BCUT2D eigenvalue weighted by molar-refractivity contribution is 7.20. The molecular formula is C16H12F3N3O2S2. The zero-order chi connectivity index (χ0) is 18.6. The lowest BCUT2D eigenvalue weighted by Crippen LogP contribution is -2.24. The van der Waals surface area contributed by atoms with E-state index in [1.807, 2.05) is 17.5 Å². The standard InChI is InChI=1S/C16H12F3N3O2S2/c17-16(18,19)9-24-14-10(3-1-5-20-14)7-21-13(23)11-8-26-15(22-11)12-4-2-6-25-12/h1-6,8H,7,9H2,(H,21,23). The number of thiazole rings is 1. The monoisotopic (exact) mass is 399 g/mol. The summed E-state index contributed by atoms with van der Waals surface area (Å²) in [6.45, 7) is -1.47. The molecule has 26 heavy (non-hydrogen) atoms. The van der Waals surface area contributed by atoms with Crippen LogP contribution in [0.25, 0.3) is 9.88 Å². The van der Waals surface area contributed by atoms with Gasteiger partial charge in [-0.25, -0.2) is 9.97 Å². The van der Waals surface area contributed by atoms with Crippen LogP contribution in [0.15, 0.2) is 41.2 Å². The van der Waals surface area contributed by atoms with Crippen molar-refractivity contribution in [3.05, 3.63) is 52.5 Å². The highest BCUT2D eigenvalue weighted by Crippen LogP contribution is 2.27. The van der Waals surface area contributed by atoms with Crippen molar-refractivity contribution in [2.24, 2.45) is 0 Å². The predicted octanol–water partition coefficient (Wildman–Crippen LogP) is 4.14. The third-order valence-corrected chi connectivity index (χ3v) is 5.01. The second-order valence-electron chi connectivity index (χ2n) is 5.07. The minimum absolute atomic E-state index is 0.0221. The number of pyridine rings is 1. The Bertz CT molecular complexity index is 879. The molecule has 0 radical (unpaired) electrons. The van der Waals surface area contributed by atoms with Crippen LogP contribution in [-0.2, 0) is 6.54 Å². The van der Waals surface area contributed by atoms with E-state index in [4.69, 9.17) is 4.74 Å². The number of hydrogen-bond donors (Lipinski definition) is 1. The van der Waals surface area contributed by atoms with Crippen LogP contribution < -0.4 is 10.1 Å². The maximum atomic E-state index is 12.3. The van der Waals surface area contributed by atoms with Gasteiger partial charge in [-0.2, -0.15) is 13.2 Å². The van der Waals surface area contributed by atoms with Gasteiger partial charge in [0.05, 0.1) is 4.88 Å². The molecule has 5 nitrogen and oxygen atoms in total. The summed E-state index contributed by atoms with van der Waals surface area (Å²) in [5.74, 6) is -0.586.